The van der Waals surface area contributed by atoms with Crippen LogP contribution >= 0.6 is 0 Å². The van der Waals surface area contributed by atoms with Crippen LogP contribution in [0.5, 0.6) is 0 Å². The Morgan fingerprint density at radius 1 is 1.24 bits per heavy atom. The van der Waals surface area contributed by atoms with Crippen molar-refractivity contribution in [2.45, 2.75) is 22.8 Å². The van der Waals surface area contributed by atoms with Crippen LogP contribution in [0.25, 0.3) is 0 Å². The molecule has 1 rings (SSSR count). The fraction of sp³-hybridized carbons (Fsp3) is 0.417. The van der Waals surface area contributed by atoms with Gasteiger partial charge in [0.1, 0.15) is 5.25 Å². The van der Waals surface area contributed by atoms with Crippen molar-refractivity contribution in [3.63, 3.8) is 0 Å². The molecule has 7 nitrogen and oxygen atoms in total. The van der Waals surface area contributed by atoms with Gasteiger partial charge < -0.3 is 5.73 Å². The van der Waals surface area contributed by atoms with E-state index in [4.69, 9.17) is 5.73 Å². The van der Waals surface area contributed by atoms with Crippen LogP contribution in [0.4, 0.5) is 0 Å². The van der Waals surface area contributed by atoms with Crippen molar-refractivity contribution in [3.05, 3.63) is 29.8 Å². The average molecular weight is 334 g/mol. The van der Waals surface area contributed by atoms with Crippen LogP contribution < -0.4 is 5.73 Å². The zero-order valence-electron chi connectivity index (χ0n) is 12.0. The molecule has 1 atom stereocenters. The molecule has 0 heterocycles. The van der Waals surface area contributed by atoms with E-state index in [0.29, 0.717) is 0 Å². The molecule has 1 aromatic rings. The molecule has 0 saturated heterocycles. The van der Waals surface area contributed by atoms with Crippen molar-refractivity contribution >= 4 is 25.8 Å². The standard InChI is InChI=1S/C12H18N2O5S2/c1-9(12(13)15)20(16,17)8-10-5-4-6-11(7-10)21(18,19)14(2)3/h4-7,9H,8H2,1-3H3,(H2,13,15)/t9-/m0/s1. The first kappa shape index (κ1) is 17.6. The highest BCUT2D eigenvalue weighted by Crippen LogP contribution is 2.18. The van der Waals surface area contributed by atoms with Gasteiger partial charge in [-0.3, -0.25) is 4.79 Å². The second-order valence-corrected chi connectivity index (χ2v) is 9.26. The maximum atomic E-state index is 12.0. The molecular weight excluding hydrogens is 316 g/mol. The highest BCUT2D eigenvalue weighted by atomic mass is 32.2. The molecular formula is C12H18N2O5S2. The Hall–Kier alpha value is -1.45. The molecule has 0 radical (unpaired) electrons. The lowest BCUT2D eigenvalue weighted by atomic mass is 10.2. The monoisotopic (exact) mass is 334 g/mol. The molecule has 0 aliphatic heterocycles. The quantitative estimate of drug-likeness (QED) is 0.769. The summed E-state index contributed by atoms with van der Waals surface area (Å²) in [6.07, 6.45) is 0. The zero-order valence-corrected chi connectivity index (χ0v) is 13.6. The molecule has 2 N–H and O–H groups in total. The molecule has 0 spiro atoms. The number of sulfonamides is 1. The van der Waals surface area contributed by atoms with Crippen molar-refractivity contribution in [1.82, 2.24) is 4.31 Å². The molecule has 0 saturated carbocycles. The summed E-state index contributed by atoms with van der Waals surface area (Å²) in [6, 6.07) is 5.60. The highest BCUT2D eigenvalue weighted by Gasteiger charge is 2.27. The second-order valence-electron chi connectivity index (χ2n) is 4.79. The number of hydrogen-bond donors (Lipinski definition) is 1. The molecule has 0 unspecified atom stereocenters. The summed E-state index contributed by atoms with van der Waals surface area (Å²) < 4.78 is 49.0. The lowest BCUT2D eigenvalue weighted by molar-refractivity contribution is -0.117. The Labute approximate surface area is 124 Å². The summed E-state index contributed by atoms with van der Waals surface area (Å²) in [5.41, 5.74) is 5.28. The summed E-state index contributed by atoms with van der Waals surface area (Å²) in [6.45, 7) is 1.21. The number of carbonyl (C=O) groups excluding carboxylic acids is 1. The Balaban J connectivity index is 3.17. The maximum absolute atomic E-state index is 12.0. The smallest absolute Gasteiger partial charge is 0.242 e. The number of carbonyl (C=O) groups is 1. The molecule has 1 amide bonds. The molecule has 0 aliphatic carbocycles. The zero-order chi connectivity index (χ0) is 16.4. The van der Waals surface area contributed by atoms with Gasteiger partial charge in [0.15, 0.2) is 9.84 Å². The molecule has 0 fully saturated rings. The maximum Gasteiger partial charge on any atom is 0.242 e. The van der Waals surface area contributed by atoms with Crippen molar-refractivity contribution in [2.75, 3.05) is 14.1 Å². The van der Waals surface area contributed by atoms with Crippen molar-refractivity contribution in [2.24, 2.45) is 5.73 Å². The van der Waals surface area contributed by atoms with Gasteiger partial charge >= 0.3 is 0 Å². The third kappa shape index (κ3) is 4.02. The SMILES string of the molecule is C[C@@H](C(N)=O)S(=O)(=O)Cc1cccc(S(=O)(=O)N(C)C)c1. The molecule has 9 heteroatoms. The minimum absolute atomic E-state index is 0.00747. The van der Waals surface area contributed by atoms with Gasteiger partial charge in [0, 0.05) is 14.1 Å². The Bertz CT molecular complexity index is 739. The lowest BCUT2D eigenvalue weighted by Crippen LogP contribution is -2.34. The highest BCUT2D eigenvalue weighted by molar-refractivity contribution is 7.92. The van der Waals surface area contributed by atoms with Gasteiger partial charge in [-0.1, -0.05) is 12.1 Å². The summed E-state index contributed by atoms with van der Waals surface area (Å²) in [7, 11) is -4.66. The van der Waals surface area contributed by atoms with Crippen molar-refractivity contribution < 1.29 is 21.6 Å². The summed E-state index contributed by atoms with van der Waals surface area (Å²) in [4.78, 5) is 11.0. The molecule has 0 aromatic heterocycles. The van der Waals surface area contributed by atoms with E-state index in [-0.39, 0.29) is 10.5 Å². The number of nitrogens with zero attached hydrogens (tertiary/aromatic N) is 1. The van der Waals surface area contributed by atoms with Crippen LogP contribution in [0.1, 0.15) is 12.5 Å². The number of amides is 1. The first-order valence-electron chi connectivity index (χ1n) is 6.01. The number of hydrogen-bond acceptors (Lipinski definition) is 5. The second kappa shape index (κ2) is 6.12. The number of rotatable bonds is 6. The fourth-order valence-electron chi connectivity index (χ4n) is 1.54. The van der Waals surface area contributed by atoms with Crippen LogP contribution in [0.2, 0.25) is 0 Å². The van der Waals surface area contributed by atoms with E-state index in [1.54, 1.807) is 0 Å². The largest absolute Gasteiger partial charge is 0.369 e. The number of benzene rings is 1. The van der Waals surface area contributed by atoms with Crippen LogP contribution in [0, 0.1) is 0 Å². The minimum atomic E-state index is -3.78. The van der Waals surface area contributed by atoms with Gasteiger partial charge in [0.2, 0.25) is 15.9 Å². The number of nitrogens with two attached hydrogens (primary N) is 1. The fourth-order valence-corrected chi connectivity index (χ4v) is 3.76. The summed E-state index contributed by atoms with van der Waals surface area (Å²) >= 11 is 0. The summed E-state index contributed by atoms with van der Waals surface area (Å²) in [5.74, 6) is -1.39. The first-order valence-corrected chi connectivity index (χ1v) is 9.16. The van der Waals surface area contributed by atoms with E-state index in [1.807, 2.05) is 0 Å². The van der Waals surface area contributed by atoms with Crippen LogP contribution in [-0.2, 0) is 30.4 Å². The van der Waals surface area contributed by atoms with Gasteiger partial charge in [-0.05, 0) is 24.6 Å². The summed E-state index contributed by atoms with van der Waals surface area (Å²) in [5, 5.41) is -1.33. The molecule has 1 aromatic carbocycles. The van der Waals surface area contributed by atoms with Gasteiger partial charge in [0.25, 0.3) is 0 Å². The van der Waals surface area contributed by atoms with Crippen molar-refractivity contribution in [1.29, 1.82) is 0 Å². The molecule has 118 valence electrons. The third-order valence-electron chi connectivity index (χ3n) is 2.98. The van der Waals surface area contributed by atoms with Gasteiger partial charge in [0.05, 0.1) is 10.6 Å². The van der Waals surface area contributed by atoms with Crippen LogP contribution in [-0.4, -0.2) is 46.4 Å². The minimum Gasteiger partial charge on any atom is -0.369 e. The van der Waals surface area contributed by atoms with E-state index in [1.165, 1.54) is 45.3 Å². The predicted octanol–water partition coefficient (Wildman–Crippen LogP) is -0.274. The first-order chi connectivity index (χ1) is 9.48. The van der Waals surface area contributed by atoms with E-state index in [9.17, 15) is 21.6 Å². The Morgan fingerprint density at radius 3 is 2.29 bits per heavy atom. The van der Waals surface area contributed by atoms with Crippen LogP contribution in [0.3, 0.4) is 0 Å². The molecule has 0 aliphatic rings. The van der Waals surface area contributed by atoms with Gasteiger partial charge in [-0.25, -0.2) is 21.1 Å². The molecule has 21 heavy (non-hydrogen) atoms. The molecule has 0 bridgehead atoms. The predicted molar refractivity (Wildman–Crippen MR) is 78.6 cm³/mol. The van der Waals surface area contributed by atoms with Crippen molar-refractivity contribution in [3.8, 4) is 0 Å². The van der Waals surface area contributed by atoms with Gasteiger partial charge in [-0.15, -0.1) is 0 Å². The van der Waals surface area contributed by atoms with E-state index < -0.39 is 36.8 Å². The lowest BCUT2D eigenvalue weighted by Gasteiger charge is -2.13. The Morgan fingerprint density at radius 2 is 1.81 bits per heavy atom. The van der Waals surface area contributed by atoms with E-state index in [0.717, 1.165) is 4.31 Å². The normalized spacial score (nSPS) is 14.1. The number of sulfone groups is 1. The number of primary amides is 1. The van der Waals surface area contributed by atoms with Gasteiger partial charge in [-0.2, -0.15) is 0 Å². The van der Waals surface area contributed by atoms with E-state index in [2.05, 4.69) is 0 Å². The Kier molecular flexibility index (Phi) is 5.13. The van der Waals surface area contributed by atoms with E-state index >= 15 is 0 Å². The average Bonchev–Trinajstić information content (AvgIpc) is 2.37. The topological polar surface area (TPSA) is 115 Å². The van der Waals surface area contributed by atoms with Crippen LogP contribution in [0.15, 0.2) is 29.2 Å². The third-order valence-corrected chi connectivity index (χ3v) is 6.84.